The van der Waals surface area contributed by atoms with Crippen LogP contribution in [0.1, 0.15) is 27.9 Å². The van der Waals surface area contributed by atoms with Crippen molar-refractivity contribution >= 4 is 29.1 Å². The standard InChI is InChI=1S/C24H27N3O8/c1-26(2)17-12-8-9-7-11-10(23(34)27(3)4)5-6-13(28)15(11)18(29)14(9)20(31)24(12,35)21(32)16(19(17)30)22(25)33/h5-6,9,12,17,28-29,32,35H,7-8H2,1-4H3,(H2,25,33)/t9-,12-,17-,24-/m1/s1. The number of likely N-dealkylation sites (N-methyl/N-ethyl adjacent to an activating group) is 1. The van der Waals surface area contributed by atoms with Crippen LogP contribution in [0.5, 0.6) is 5.75 Å². The van der Waals surface area contributed by atoms with E-state index in [2.05, 4.69) is 0 Å². The first-order valence-electron chi connectivity index (χ1n) is 11.0. The maximum Gasteiger partial charge on any atom is 0.255 e. The number of nitrogens with zero attached hydrogens (tertiary/aromatic N) is 2. The van der Waals surface area contributed by atoms with Crippen molar-refractivity contribution in [3.63, 3.8) is 0 Å². The number of fused-ring (bicyclic) bond motifs is 3. The molecule has 1 aromatic rings. The molecule has 3 aliphatic rings. The van der Waals surface area contributed by atoms with Gasteiger partial charge in [0.05, 0.1) is 11.6 Å². The van der Waals surface area contributed by atoms with Gasteiger partial charge in [-0.25, -0.2) is 0 Å². The molecule has 35 heavy (non-hydrogen) atoms. The van der Waals surface area contributed by atoms with Gasteiger partial charge >= 0.3 is 0 Å². The van der Waals surface area contributed by atoms with Crippen LogP contribution in [0.3, 0.4) is 0 Å². The second-order valence-corrected chi connectivity index (χ2v) is 9.65. The van der Waals surface area contributed by atoms with Gasteiger partial charge in [-0.1, -0.05) is 0 Å². The average Bonchev–Trinajstić information content (AvgIpc) is 2.75. The van der Waals surface area contributed by atoms with Crippen LogP contribution in [0.15, 0.2) is 29.0 Å². The number of nitrogens with two attached hydrogens (primary N) is 1. The summed E-state index contributed by atoms with van der Waals surface area (Å²) in [5.74, 6) is -7.65. The number of hydrogen-bond acceptors (Lipinski definition) is 9. The van der Waals surface area contributed by atoms with Crippen molar-refractivity contribution in [2.75, 3.05) is 28.2 Å². The fourth-order valence-corrected chi connectivity index (χ4v) is 5.69. The molecule has 11 heteroatoms. The normalized spacial score (nSPS) is 28.0. The first-order valence-corrected chi connectivity index (χ1v) is 11.0. The summed E-state index contributed by atoms with van der Waals surface area (Å²) >= 11 is 0. The Bertz CT molecular complexity index is 1260. The fraction of sp³-hybridized carbons (Fsp3) is 0.417. The lowest BCUT2D eigenvalue weighted by Gasteiger charge is -2.50. The van der Waals surface area contributed by atoms with E-state index in [4.69, 9.17) is 5.73 Å². The predicted molar refractivity (Wildman–Crippen MR) is 122 cm³/mol. The molecule has 0 unspecified atom stereocenters. The number of phenolic OH excluding ortho intramolecular Hbond substituents is 1. The number of benzene rings is 1. The monoisotopic (exact) mass is 485 g/mol. The van der Waals surface area contributed by atoms with Gasteiger partial charge in [0.2, 0.25) is 5.78 Å². The van der Waals surface area contributed by atoms with E-state index in [9.17, 15) is 39.6 Å². The van der Waals surface area contributed by atoms with Gasteiger partial charge in [-0.3, -0.25) is 24.1 Å². The molecule has 0 saturated heterocycles. The van der Waals surface area contributed by atoms with Gasteiger partial charge in [0.1, 0.15) is 22.8 Å². The van der Waals surface area contributed by atoms with E-state index in [0.29, 0.717) is 5.56 Å². The summed E-state index contributed by atoms with van der Waals surface area (Å²) in [6.07, 6.45) is 0.00879. The number of aromatic hydroxyl groups is 1. The maximum absolute atomic E-state index is 13.7. The van der Waals surface area contributed by atoms with Crippen LogP contribution in [-0.4, -0.2) is 93.4 Å². The Balaban J connectivity index is 1.98. The zero-order chi connectivity index (χ0) is 26.1. The minimum Gasteiger partial charge on any atom is -0.508 e. The number of aliphatic hydroxyl groups excluding tert-OH is 2. The number of phenols is 1. The van der Waals surface area contributed by atoms with Crippen LogP contribution >= 0.6 is 0 Å². The molecule has 2 amide bonds. The quantitative estimate of drug-likeness (QED) is 0.358. The van der Waals surface area contributed by atoms with Crippen molar-refractivity contribution in [3.05, 3.63) is 45.7 Å². The first-order chi connectivity index (χ1) is 16.2. The maximum atomic E-state index is 13.7. The van der Waals surface area contributed by atoms with Crippen LogP contribution in [0.25, 0.3) is 5.76 Å². The van der Waals surface area contributed by atoms with Gasteiger partial charge in [-0.2, -0.15) is 0 Å². The van der Waals surface area contributed by atoms with Gasteiger partial charge in [0.15, 0.2) is 11.4 Å². The molecule has 0 bridgehead atoms. The third-order valence-electron chi connectivity index (χ3n) is 7.24. The summed E-state index contributed by atoms with van der Waals surface area (Å²) in [7, 11) is 6.16. The predicted octanol–water partition coefficient (Wildman–Crippen LogP) is -0.334. The number of carbonyl (C=O) groups excluding carboxylic acids is 4. The average molecular weight is 485 g/mol. The van der Waals surface area contributed by atoms with Crippen LogP contribution in [0.2, 0.25) is 0 Å². The molecule has 1 aromatic carbocycles. The van der Waals surface area contributed by atoms with Gasteiger partial charge in [-0.15, -0.1) is 0 Å². The first kappa shape index (κ1) is 24.4. The summed E-state index contributed by atoms with van der Waals surface area (Å²) in [5.41, 5.74) is 1.91. The van der Waals surface area contributed by atoms with Crippen LogP contribution in [0, 0.1) is 11.8 Å². The molecular formula is C24H27N3O8. The molecule has 0 heterocycles. The van der Waals surface area contributed by atoms with E-state index < -0.39 is 58.0 Å². The Labute approximate surface area is 200 Å². The summed E-state index contributed by atoms with van der Waals surface area (Å²) in [6.45, 7) is 0. The van der Waals surface area contributed by atoms with Crippen molar-refractivity contribution in [2.45, 2.75) is 24.5 Å². The number of rotatable bonds is 3. The Morgan fingerprint density at radius 2 is 1.71 bits per heavy atom. The van der Waals surface area contributed by atoms with Crippen molar-refractivity contribution in [3.8, 4) is 5.75 Å². The molecule has 0 aliphatic heterocycles. The van der Waals surface area contributed by atoms with E-state index in [1.54, 1.807) is 14.1 Å². The molecular weight excluding hydrogens is 458 g/mol. The highest BCUT2D eigenvalue weighted by molar-refractivity contribution is 6.24. The number of carbonyl (C=O) groups is 4. The van der Waals surface area contributed by atoms with Gasteiger partial charge in [-0.05, 0) is 50.6 Å². The van der Waals surface area contributed by atoms with Crippen molar-refractivity contribution < 1.29 is 39.6 Å². The van der Waals surface area contributed by atoms with E-state index in [0.717, 1.165) is 0 Å². The highest BCUT2D eigenvalue weighted by Gasteiger charge is 2.64. The van der Waals surface area contributed by atoms with Crippen LogP contribution < -0.4 is 5.73 Å². The molecule has 4 rings (SSSR count). The third kappa shape index (κ3) is 3.18. The minimum atomic E-state index is -2.70. The second-order valence-electron chi connectivity index (χ2n) is 9.65. The van der Waals surface area contributed by atoms with Crippen LogP contribution in [-0.2, 0) is 20.8 Å². The molecule has 0 spiro atoms. The molecule has 3 aliphatic carbocycles. The molecule has 1 fully saturated rings. The lowest BCUT2D eigenvalue weighted by Crippen LogP contribution is -2.65. The molecule has 4 atom stereocenters. The SMILES string of the molecule is CN(C)C(=O)c1ccc(O)c2c1C[C@@H]1C[C@@H]3[C@@H](N(C)C)C(=O)C(C(N)=O)=C(O)[C@]3(O)C(=O)C1=C2O. The van der Waals surface area contributed by atoms with E-state index >= 15 is 0 Å². The molecule has 11 nitrogen and oxygen atoms in total. The lowest BCUT2D eigenvalue weighted by atomic mass is 9.57. The zero-order valence-electron chi connectivity index (χ0n) is 19.7. The van der Waals surface area contributed by atoms with Crippen LogP contribution in [0.4, 0.5) is 0 Å². The number of hydrogen-bond donors (Lipinski definition) is 5. The minimum absolute atomic E-state index is 0.0446. The fourth-order valence-electron chi connectivity index (χ4n) is 5.69. The summed E-state index contributed by atoms with van der Waals surface area (Å²) in [5, 5.41) is 44.0. The highest BCUT2D eigenvalue weighted by Crippen LogP contribution is 2.52. The molecule has 0 aromatic heterocycles. The van der Waals surface area contributed by atoms with E-state index in [1.165, 1.54) is 36.0 Å². The smallest absolute Gasteiger partial charge is 0.255 e. The lowest BCUT2D eigenvalue weighted by molar-refractivity contribution is -0.153. The van der Waals surface area contributed by atoms with Gasteiger partial charge < -0.3 is 31.1 Å². The number of ketones is 2. The Kier molecular flexibility index (Phi) is 5.53. The highest BCUT2D eigenvalue weighted by atomic mass is 16.3. The summed E-state index contributed by atoms with van der Waals surface area (Å²) < 4.78 is 0. The third-order valence-corrected chi connectivity index (χ3v) is 7.24. The Morgan fingerprint density at radius 1 is 1.09 bits per heavy atom. The van der Waals surface area contributed by atoms with E-state index in [1.807, 2.05) is 0 Å². The van der Waals surface area contributed by atoms with Crippen molar-refractivity contribution in [1.82, 2.24) is 9.80 Å². The second kappa shape index (κ2) is 7.92. The van der Waals surface area contributed by atoms with E-state index in [-0.39, 0.29) is 41.2 Å². The number of Topliss-reactive ketones (excluding diaryl/α,β-unsaturated/α-hetero) is 2. The molecule has 6 N–H and O–H groups in total. The summed E-state index contributed by atoms with van der Waals surface area (Å²) in [6, 6.07) is 1.48. The summed E-state index contributed by atoms with van der Waals surface area (Å²) in [4.78, 5) is 54.3. The molecule has 0 radical (unpaired) electrons. The van der Waals surface area contributed by atoms with Crippen molar-refractivity contribution in [2.24, 2.45) is 17.6 Å². The Hall–Kier alpha value is -3.70. The Morgan fingerprint density at radius 3 is 2.26 bits per heavy atom. The number of primary amides is 1. The largest absolute Gasteiger partial charge is 0.508 e. The van der Waals surface area contributed by atoms with Gasteiger partial charge in [0.25, 0.3) is 11.8 Å². The van der Waals surface area contributed by atoms with Gasteiger partial charge in [0, 0.05) is 31.1 Å². The zero-order valence-corrected chi connectivity index (χ0v) is 19.7. The number of amides is 2. The molecule has 1 saturated carbocycles. The molecule has 186 valence electrons. The topological polar surface area (TPSA) is 182 Å². The van der Waals surface area contributed by atoms with Crippen molar-refractivity contribution in [1.29, 1.82) is 0 Å². The number of aliphatic hydroxyl groups is 3.